The summed E-state index contributed by atoms with van der Waals surface area (Å²) in [7, 11) is 0. The molecule has 1 aromatic carbocycles. The molecule has 0 bridgehead atoms. The Hall–Kier alpha value is 1.48. The minimum absolute atomic E-state index is 0. The van der Waals surface area contributed by atoms with E-state index in [2.05, 4.69) is 51.1 Å². The van der Waals surface area contributed by atoms with Crippen LogP contribution in [0.4, 0.5) is 33.8 Å². The molecule has 0 unspecified atom stereocenters. The van der Waals surface area contributed by atoms with E-state index in [0.717, 1.165) is 0 Å². The van der Waals surface area contributed by atoms with Crippen molar-refractivity contribution >= 4 is 39.0 Å². The molecule has 1 rings (SSSR count). The summed E-state index contributed by atoms with van der Waals surface area (Å²) in [5.74, 6) is 0. The Morgan fingerprint density at radius 2 is 0.846 bits per heavy atom. The molecule has 0 fully saturated rings. The van der Waals surface area contributed by atoms with Crippen LogP contribution in [0.1, 0.15) is 20.8 Å². The molecule has 0 aliphatic rings. The molecule has 16 heteroatoms. The van der Waals surface area contributed by atoms with Gasteiger partial charge in [0.05, 0.1) is 0 Å². The van der Waals surface area contributed by atoms with E-state index in [1.165, 1.54) is 0 Å². The van der Waals surface area contributed by atoms with Gasteiger partial charge in [-0.3, -0.25) is 0 Å². The van der Waals surface area contributed by atoms with Gasteiger partial charge in [0.1, 0.15) is 0 Å². The second-order valence-electron chi connectivity index (χ2n) is 5.37. The molecule has 0 heterocycles. The summed E-state index contributed by atoms with van der Waals surface area (Å²) < 4.78 is 121. The van der Waals surface area contributed by atoms with E-state index in [4.69, 9.17) is 0 Å². The molecule has 0 spiro atoms. The SMILES string of the molecule is CC(C)(C)[I+]c1ccccc1.[F][Sb-]([F])([F])([F])([F])[F].[F][Sb-]([F])([F])([F])([F])[F].[IH2+]. The predicted octanol–water partition coefficient (Wildman–Crippen LogP) is 0.493. The van der Waals surface area contributed by atoms with Gasteiger partial charge in [0, 0.05) is 0 Å². The molecule has 0 saturated heterocycles. The van der Waals surface area contributed by atoms with Gasteiger partial charge in [-0.2, -0.15) is 0 Å². The van der Waals surface area contributed by atoms with Crippen molar-refractivity contribution in [3.05, 3.63) is 33.9 Å². The van der Waals surface area contributed by atoms with Crippen LogP contribution in [0.5, 0.6) is 0 Å². The van der Waals surface area contributed by atoms with Gasteiger partial charge < -0.3 is 0 Å². The number of rotatable bonds is 1. The van der Waals surface area contributed by atoms with Crippen LogP contribution in [-0.2, 0) is 0 Å². The van der Waals surface area contributed by atoms with Crippen molar-refractivity contribution in [2.75, 3.05) is 0 Å². The van der Waals surface area contributed by atoms with Gasteiger partial charge in [0.2, 0.25) is 24.0 Å². The monoisotopic (exact) mass is 860 g/mol. The first-order valence-corrected chi connectivity index (χ1v) is 19.6. The molecule has 26 heavy (non-hydrogen) atoms. The quantitative estimate of drug-likeness (QED) is 0.167. The fourth-order valence-corrected chi connectivity index (χ4v) is 3.45. The molecule has 0 N–H and O–H groups in total. The first-order chi connectivity index (χ1) is 9.98. The average Bonchev–Trinajstić information content (AvgIpc) is 2.05. The van der Waals surface area contributed by atoms with E-state index in [-0.39, 0.29) is 45.2 Å². The van der Waals surface area contributed by atoms with Gasteiger partial charge >= 0.3 is 93.9 Å². The van der Waals surface area contributed by atoms with Crippen LogP contribution in [-0.4, -0.2) is 42.4 Å². The summed E-state index contributed by atoms with van der Waals surface area (Å²) in [5, 5.41) is 0. The maximum atomic E-state index is 9.93. The first-order valence-electron chi connectivity index (χ1n) is 5.82. The third kappa shape index (κ3) is 72.8. The average molecular weight is 862 g/mol. The maximum Gasteiger partial charge on any atom is 0.235 e. The van der Waals surface area contributed by atoms with E-state index >= 15 is 0 Å². The normalized spacial score (nSPS) is 17.3. The summed E-state index contributed by atoms with van der Waals surface area (Å²) in [4.78, 5) is 0. The van der Waals surface area contributed by atoms with E-state index in [1.807, 2.05) is 0 Å². The van der Waals surface area contributed by atoms with Gasteiger partial charge in [0.15, 0.2) is 6.99 Å². The molecule has 0 atom stereocenters. The molecule has 0 amide bonds. The first kappa shape index (κ1) is 32.2. The van der Waals surface area contributed by atoms with Crippen molar-refractivity contribution in [3.8, 4) is 0 Å². The second-order valence-corrected chi connectivity index (χ2v) is 21.3. The minimum atomic E-state index is -11.2. The fraction of sp³-hybridized carbons (Fsp3) is 0.400. The van der Waals surface area contributed by atoms with Gasteiger partial charge in [0.25, 0.3) is 0 Å². The number of benzene rings is 1. The molecule has 0 nitrogen and oxygen atoms in total. The zero-order valence-electron chi connectivity index (χ0n) is 13.1. The van der Waals surface area contributed by atoms with Crippen LogP contribution in [0.3, 0.4) is 0 Å². The standard InChI is InChI=1S/C10H14I.12FH.H2I.2Sb/c1-10(2,3)11-9-7-5-4-6-8-9;;;;;;;;;;;;;;;/h4-8H,1-3H3;12*1H;1H2;;/q+1;;;;;;;;;;;;;+1;2*+5/p-12. The number of hydrogen-bond donors (Lipinski definition) is 0. The molecule has 164 valence electrons. The van der Waals surface area contributed by atoms with Gasteiger partial charge in [-0.1, -0.05) is 18.2 Å². The van der Waals surface area contributed by atoms with Gasteiger partial charge in [-0.05, 0) is 32.9 Å². The summed E-state index contributed by atoms with van der Waals surface area (Å²) in [5.41, 5.74) is 0. The molecule has 0 saturated carbocycles. The van der Waals surface area contributed by atoms with Crippen molar-refractivity contribution in [2.45, 2.75) is 24.2 Å². The summed E-state index contributed by atoms with van der Waals surface area (Å²) >= 11 is -22.3. The summed E-state index contributed by atoms with van der Waals surface area (Å²) in [6.07, 6.45) is 0. The molecular formula is C10H16F12I2Sb2. The van der Waals surface area contributed by atoms with E-state index in [1.54, 1.807) is 3.57 Å². The Morgan fingerprint density at radius 1 is 0.615 bits per heavy atom. The Kier molecular flexibility index (Phi) is 9.84. The minimum Gasteiger partial charge on any atom is 0.235 e. The number of alkyl halides is 1. The Balaban J connectivity index is -0.000000314. The van der Waals surface area contributed by atoms with Crippen LogP contribution in [0.15, 0.2) is 30.3 Å². The van der Waals surface area contributed by atoms with E-state index < -0.39 is 39.0 Å². The van der Waals surface area contributed by atoms with Crippen molar-refractivity contribution < 1.29 is 78.9 Å². The van der Waals surface area contributed by atoms with Crippen molar-refractivity contribution in [1.82, 2.24) is 0 Å². The van der Waals surface area contributed by atoms with Gasteiger partial charge in [-0.15, -0.1) is 0 Å². The fourth-order valence-electron chi connectivity index (χ4n) is 0.805. The topological polar surface area (TPSA) is 0 Å². The molecule has 0 radical (unpaired) electrons. The van der Waals surface area contributed by atoms with Crippen molar-refractivity contribution in [2.24, 2.45) is 0 Å². The summed E-state index contributed by atoms with van der Waals surface area (Å²) in [6, 6.07) is 10.8. The van der Waals surface area contributed by atoms with Crippen LogP contribution in [0.25, 0.3) is 0 Å². The second kappa shape index (κ2) is 7.96. The Bertz CT molecular complexity index is 503. The Labute approximate surface area is 174 Å². The zero-order valence-corrected chi connectivity index (χ0v) is 23.0. The molecule has 0 aliphatic heterocycles. The largest absolute Gasteiger partial charge is 0.235 e. The van der Waals surface area contributed by atoms with Crippen LogP contribution >= 0.6 is 0 Å². The van der Waals surface area contributed by atoms with Crippen LogP contribution in [0.2, 0.25) is 0 Å². The van der Waals surface area contributed by atoms with Crippen molar-refractivity contribution in [3.63, 3.8) is 0 Å². The molecule has 0 aromatic heterocycles. The number of halogens is 14. The maximum absolute atomic E-state index is 11.2. The molecular weight excluding hydrogens is 845 g/mol. The Morgan fingerprint density at radius 3 is 1.04 bits per heavy atom. The molecule has 0 aliphatic carbocycles. The predicted molar refractivity (Wildman–Crippen MR) is 72.5 cm³/mol. The molecule has 1 aromatic rings. The van der Waals surface area contributed by atoms with E-state index in [0.29, 0.717) is 3.42 Å². The van der Waals surface area contributed by atoms with E-state index in [9.17, 15) is 33.8 Å². The van der Waals surface area contributed by atoms with Crippen LogP contribution in [0, 0.1) is 3.57 Å². The zero-order chi connectivity index (χ0) is 21.1. The number of hydrogen-bond acceptors (Lipinski definition) is 0. The van der Waals surface area contributed by atoms with Crippen molar-refractivity contribution in [1.29, 1.82) is 0 Å². The third-order valence-corrected chi connectivity index (χ3v) is 4.09. The third-order valence-electron chi connectivity index (χ3n) is 1.13. The van der Waals surface area contributed by atoms with Crippen LogP contribution < -0.4 is 45.2 Å². The summed E-state index contributed by atoms with van der Waals surface area (Å²) in [6.45, 7) is 6.94. The van der Waals surface area contributed by atoms with Gasteiger partial charge in [-0.25, -0.2) is 0 Å². The smallest absolute Gasteiger partial charge is 0.235 e.